The van der Waals surface area contributed by atoms with E-state index in [1.165, 1.54) is 12.1 Å². The summed E-state index contributed by atoms with van der Waals surface area (Å²) in [5.74, 6) is 0. The van der Waals surface area contributed by atoms with Crippen molar-refractivity contribution in [2.75, 3.05) is 19.2 Å². The van der Waals surface area contributed by atoms with Gasteiger partial charge in [-0.3, -0.25) is 0 Å². The van der Waals surface area contributed by atoms with E-state index in [4.69, 9.17) is 10.3 Å². The highest BCUT2D eigenvalue weighted by atomic mass is 32.2. The Balaban J connectivity index is 1.11. The van der Waals surface area contributed by atoms with E-state index in [-0.39, 0.29) is 0 Å². The fourth-order valence-electron chi connectivity index (χ4n) is 7.73. The maximum absolute atomic E-state index is 4.95. The predicted octanol–water partition coefficient (Wildman–Crippen LogP) is 13.2. The summed E-state index contributed by atoms with van der Waals surface area (Å²) in [5.41, 5.74) is 15.6. The van der Waals surface area contributed by atoms with Gasteiger partial charge in [0.15, 0.2) is 0 Å². The fourth-order valence-corrected chi connectivity index (χ4v) is 8.40. The third kappa shape index (κ3) is 6.52. The van der Waals surface area contributed by atoms with E-state index in [0.29, 0.717) is 6.54 Å². The number of para-hydroxylation sites is 4. The van der Waals surface area contributed by atoms with Crippen molar-refractivity contribution in [2.45, 2.75) is 6.54 Å². The lowest BCUT2D eigenvalue weighted by Crippen LogP contribution is -2.09. The van der Waals surface area contributed by atoms with Crippen LogP contribution in [0.15, 0.2) is 200 Å². The summed E-state index contributed by atoms with van der Waals surface area (Å²) in [6.07, 6.45) is 0. The quantitative estimate of drug-likeness (QED) is 0.135. The van der Waals surface area contributed by atoms with Crippen LogP contribution in [0.5, 0.6) is 0 Å². The van der Waals surface area contributed by atoms with Crippen LogP contribution >= 0.6 is 12.1 Å². The van der Waals surface area contributed by atoms with E-state index >= 15 is 0 Å². The van der Waals surface area contributed by atoms with Gasteiger partial charge in [-0.25, -0.2) is 4.68 Å². The van der Waals surface area contributed by atoms with Crippen LogP contribution in [0.4, 0.5) is 45.5 Å². The molecule has 0 saturated carbocycles. The smallest absolute Gasteiger partial charge is 0.123 e. The molecule has 0 spiro atoms. The zero-order chi connectivity index (χ0) is 38.0. The van der Waals surface area contributed by atoms with Crippen LogP contribution in [-0.4, -0.2) is 15.0 Å². The molecule has 9 aromatic rings. The normalized spacial score (nSPS) is 11.8. The van der Waals surface area contributed by atoms with E-state index in [9.17, 15) is 0 Å². The van der Waals surface area contributed by atoms with Crippen molar-refractivity contribution in [1.29, 1.82) is 0 Å². The Morgan fingerprint density at radius 3 is 1.23 bits per heavy atom. The zero-order valence-corrected chi connectivity index (χ0v) is 31.7. The Morgan fingerprint density at radius 1 is 0.421 bits per heavy atom. The lowest BCUT2D eigenvalue weighted by atomic mass is 9.93. The van der Waals surface area contributed by atoms with E-state index in [2.05, 4.69) is 201 Å². The number of aromatic nitrogens is 3. The minimum Gasteiger partial charge on any atom is -0.311 e. The summed E-state index contributed by atoms with van der Waals surface area (Å²) < 4.78 is 9.28. The molecular formula is C49H37N7S. The van der Waals surface area contributed by atoms with Crippen molar-refractivity contribution in [1.82, 2.24) is 15.0 Å². The second kappa shape index (κ2) is 15.1. The summed E-state index contributed by atoms with van der Waals surface area (Å²) in [6.45, 7) is 0.582. The van der Waals surface area contributed by atoms with E-state index in [1.807, 2.05) is 22.9 Å². The Kier molecular flexibility index (Phi) is 9.06. The molecule has 1 aliphatic heterocycles. The van der Waals surface area contributed by atoms with E-state index in [1.54, 1.807) is 0 Å². The number of hydrogen-bond donors (Lipinski definition) is 2. The predicted molar refractivity (Wildman–Crippen MR) is 238 cm³/mol. The van der Waals surface area contributed by atoms with Crippen LogP contribution in [0.3, 0.4) is 0 Å². The molecule has 0 aliphatic carbocycles. The van der Waals surface area contributed by atoms with Crippen molar-refractivity contribution in [3.63, 3.8) is 0 Å². The van der Waals surface area contributed by atoms with E-state index < -0.39 is 0 Å². The van der Waals surface area contributed by atoms with Crippen molar-refractivity contribution in [2.24, 2.45) is 0 Å². The Labute approximate surface area is 336 Å². The van der Waals surface area contributed by atoms with Gasteiger partial charge in [0.1, 0.15) is 5.52 Å². The number of hydrogen-bond acceptors (Lipinski definition) is 7. The Bertz CT molecular complexity index is 2680. The highest BCUT2D eigenvalue weighted by Gasteiger charge is 2.29. The van der Waals surface area contributed by atoms with Gasteiger partial charge in [-0.05, 0) is 89.5 Å². The standard InChI is InChI=1S/C49H37N7S/c1-6-16-35(17-7-1)34-54-49-45(37-28-32-43(33-29-37)56(40-22-12-4-13-23-40)41-24-14-5-15-25-41)47-46(51-57-52-47)44(48(49)50-53-54)36-26-30-42(31-27-36)55(38-18-8-2-9-19-38)39-20-10-3-11-21-39/h1-33,51-52H,34H2. The number of anilines is 8. The van der Waals surface area contributed by atoms with Gasteiger partial charge in [0.05, 0.1) is 35.6 Å². The second-order valence-electron chi connectivity index (χ2n) is 13.8. The van der Waals surface area contributed by atoms with Gasteiger partial charge < -0.3 is 19.2 Å². The van der Waals surface area contributed by atoms with Crippen molar-refractivity contribution < 1.29 is 0 Å². The first-order valence-corrected chi connectivity index (χ1v) is 19.8. The van der Waals surface area contributed by atoms with Crippen LogP contribution in [0, 0.1) is 0 Å². The molecule has 8 heteroatoms. The molecule has 7 nitrogen and oxygen atoms in total. The molecule has 1 aromatic heterocycles. The number of nitrogens with zero attached hydrogens (tertiary/aromatic N) is 5. The molecule has 0 atom stereocenters. The zero-order valence-electron chi connectivity index (χ0n) is 30.9. The summed E-state index contributed by atoms with van der Waals surface area (Å²) >= 11 is 1.48. The Morgan fingerprint density at radius 2 is 0.789 bits per heavy atom. The van der Waals surface area contributed by atoms with Gasteiger partial charge in [-0.15, -0.1) is 5.10 Å². The summed E-state index contributed by atoms with van der Waals surface area (Å²) in [6, 6.07) is 70.0. The van der Waals surface area contributed by atoms with Gasteiger partial charge in [-0.1, -0.05) is 133 Å². The third-order valence-electron chi connectivity index (χ3n) is 10.3. The summed E-state index contributed by atoms with van der Waals surface area (Å²) in [5, 5.41) is 9.79. The SMILES string of the molecule is c1ccc(Cn2nnc3c(-c4ccc(N(c5ccccc5)c5ccccc5)cc4)c4c(c(-c5ccc(N(c6ccccc6)c6ccccc6)cc5)c32)NSN4)cc1. The minimum atomic E-state index is 0.582. The lowest BCUT2D eigenvalue weighted by molar-refractivity contribution is 0.670. The first-order chi connectivity index (χ1) is 28.3. The van der Waals surface area contributed by atoms with Gasteiger partial charge in [-0.2, -0.15) is 0 Å². The van der Waals surface area contributed by atoms with Crippen LogP contribution in [0.25, 0.3) is 33.3 Å². The monoisotopic (exact) mass is 755 g/mol. The molecule has 2 N–H and O–H groups in total. The van der Waals surface area contributed by atoms with Crippen molar-refractivity contribution >= 4 is 68.7 Å². The number of rotatable bonds is 10. The van der Waals surface area contributed by atoms with E-state index in [0.717, 1.165) is 84.3 Å². The minimum absolute atomic E-state index is 0.582. The molecule has 0 unspecified atom stereocenters. The number of nitrogens with one attached hydrogen (secondary N) is 2. The molecular weight excluding hydrogens is 719 g/mol. The maximum atomic E-state index is 4.95. The third-order valence-corrected chi connectivity index (χ3v) is 10.9. The molecule has 0 bridgehead atoms. The molecule has 0 amide bonds. The molecule has 1 aliphatic rings. The Hall–Kier alpha value is -7.29. The molecule has 0 radical (unpaired) electrons. The average Bonchev–Trinajstić information content (AvgIpc) is 3.93. The highest BCUT2D eigenvalue weighted by Crippen LogP contribution is 2.52. The first kappa shape index (κ1) is 34.2. The second-order valence-corrected chi connectivity index (χ2v) is 14.5. The molecule has 0 fully saturated rings. The fraction of sp³-hybridized carbons (Fsp3) is 0.0204. The van der Waals surface area contributed by atoms with Crippen molar-refractivity contribution in [3.8, 4) is 22.3 Å². The van der Waals surface area contributed by atoms with Crippen LogP contribution < -0.4 is 19.2 Å². The molecule has 274 valence electrons. The van der Waals surface area contributed by atoms with Gasteiger partial charge in [0.25, 0.3) is 0 Å². The molecule has 57 heavy (non-hydrogen) atoms. The summed E-state index contributed by atoms with van der Waals surface area (Å²) in [4.78, 5) is 4.56. The van der Waals surface area contributed by atoms with Crippen LogP contribution in [0.1, 0.15) is 5.56 Å². The van der Waals surface area contributed by atoms with Gasteiger partial charge in [0.2, 0.25) is 0 Å². The largest absolute Gasteiger partial charge is 0.311 e. The van der Waals surface area contributed by atoms with Gasteiger partial charge >= 0.3 is 0 Å². The first-order valence-electron chi connectivity index (χ1n) is 19.0. The summed E-state index contributed by atoms with van der Waals surface area (Å²) in [7, 11) is 0. The molecule has 8 aromatic carbocycles. The topological polar surface area (TPSA) is 61.3 Å². The molecule has 2 heterocycles. The van der Waals surface area contributed by atoms with Crippen LogP contribution in [0.2, 0.25) is 0 Å². The average molecular weight is 756 g/mol. The molecule has 0 saturated heterocycles. The van der Waals surface area contributed by atoms with Crippen molar-refractivity contribution in [3.05, 3.63) is 206 Å². The van der Waals surface area contributed by atoms with Crippen LogP contribution in [-0.2, 0) is 6.54 Å². The highest BCUT2D eigenvalue weighted by molar-refractivity contribution is 8.02. The molecule has 10 rings (SSSR count). The lowest BCUT2D eigenvalue weighted by Gasteiger charge is -2.26. The maximum Gasteiger partial charge on any atom is 0.123 e. The number of fused-ring (bicyclic) bond motifs is 2. The van der Waals surface area contributed by atoms with Gasteiger partial charge in [0, 0.05) is 45.3 Å². The number of benzene rings is 8.